The zero-order chi connectivity index (χ0) is 18.9. The van der Waals surface area contributed by atoms with E-state index >= 15 is 0 Å². The molecule has 1 heterocycles. The fraction of sp³-hybridized carbons (Fsp3) is 0.556. The van der Waals surface area contributed by atoms with E-state index in [9.17, 15) is 19.8 Å². The number of benzene rings is 1. The normalized spacial score (nSPS) is 21.1. The Kier molecular flexibility index (Phi) is 5.64. The first kappa shape index (κ1) is 19.5. The van der Waals surface area contributed by atoms with Gasteiger partial charge in [-0.3, -0.25) is 9.59 Å². The average Bonchev–Trinajstić information content (AvgIpc) is 2.51. The number of rotatable bonds is 4. The summed E-state index contributed by atoms with van der Waals surface area (Å²) < 4.78 is 5.90. The third-order valence-electron chi connectivity index (χ3n) is 4.48. The van der Waals surface area contributed by atoms with Gasteiger partial charge in [0.15, 0.2) is 5.60 Å². The number of likely N-dealkylation sites (tertiary alicyclic amines) is 1. The van der Waals surface area contributed by atoms with Crippen molar-refractivity contribution in [3.05, 3.63) is 28.3 Å². The molecule has 1 amide bonds. The van der Waals surface area contributed by atoms with Crippen LogP contribution in [0, 0.1) is 19.8 Å². The summed E-state index contributed by atoms with van der Waals surface area (Å²) >= 11 is 6.15. The molecule has 2 atom stereocenters. The quantitative estimate of drug-likeness (QED) is 0.851. The molecule has 1 aliphatic rings. The number of aryl methyl sites for hydroxylation is 2. The molecule has 1 aromatic carbocycles. The van der Waals surface area contributed by atoms with Gasteiger partial charge in [-0.15, -0.1) is 0 Å². The summed E-state index contributed by atoms with van der Waals surface area (Å²) in [5.41, 5.74) is 0.539. The summed E-state index contributed by atoms with van der Waals surface area (Å²) in [4.78, 5) is 25.5. The van der Waals surface area contributed by atoms with E-state index in [2.05, 4.69) is 0 Å². The predicted molar refractivity (Wildman–Crippen MR) is 94.0 cm³/mol. The molecule has 2 rings (SSSR count). The molecule has 1 aliphatic heterocycles. The number of carboxylic acids is 1. The summed E-state index contributed by atoms with van der Waals surface area (Å²) in [6.07, 6.45) is -0.704. The van der Waals surface area contributed by atoms with Crippen LogP contribution >= 0.6 is 11.6 Å². The maximum Gasteiger partial charge on any atom is 0.310 e. The summed E-state index contributed by atoms with van der Waals surface area (Å²) in [6, 6.07) is 3.54. The maximum atomic E-state index is 12.8. The summed E-state index contributed by atoms with van der Waals surface area (Å²) in [5, 5.41) is 19.7. The highest BCUT2D eigenvalue weighted by Crippen LogP contribution is 2.29. The largest absolute Gasteiger partial charge is 0.481 e. The lowest BCUT2D eigenvalue weighted by Gasteiger charge is -2.38. The van der Waals surface area contributed by atoms with Gasteiger partial charge in [-0.05, 0) is 57.4 Å². The van der Waals surface area contributed by atoms with E-state index in [1.165, 1.54) is 4.90 Å². The Bertz CT molecular complexity index is 665. The molecule has 1 saturated heterocycles. The first-order valence-corrected chi connectivity index (χ1v) is 8.56. The van der Waals surface area contributed by atoms with Crippen molar-refractivity contribution in [3.8, 4) is 5.75 Å². The van der Waals surface area contributed by atoms with Crippen molar-refractivity contribution in [1.82, 2.24) is 4.90 Å². The Morgan fingerprint density at radius 2 is 1.84 bits per heavy atom. The first-order valence-electron chi connectivity index (χ1n) is 8.19. The Morgan fingerprint density at radius 3 is 2.36 bits per heavy atom. The van der Waals surface area contributed by atoms with E-state index in [0.717, 1.165) is 11.1 Å². The predicted octanol–water partition coefficient (Wildman–Crippen LogP) is 2.41. The van der Waals surface area contributed by atoms with Crippen molar-refractivity contribution in [2.45, 2.75) is 45.8 Å². The van der Waals surface area contributed by atoms with Crippen molar-refractivity contribution in [3.63, 3.8) is 0 Å². The zero-order valence-electron chi connectivity index (χ0n) is 14.9. The molecule has 25 heavy (non-hydrogen) atoms. The second-order valence-electron chi connectivity index (χ2n) is 7.04. The van der Waals surface area contributed by atoms with Crippen LogP contribution in [0.1, 0.15) is 31.4 Å². The van der Waals surface area contributed by atoms with E-state index in [0.29, 0.717) is 17.3 Å². The van der Waals surface area contributed by atoms with Crippen molar-refractivity contribution < 1.29 is 24.5 Å². The third kappa shape index (κ3) is 4.25. The number of carbonyl (C=O) groups is 2. The fourth-order valence-corrected chi connectivity index (χ4v) is 3.16. The number of carboxylic acid groups (broad SMARTS) is 1. The molecule has 0 spiro atoms. The molecule has 0 aromatic heterocycles. The molecule has 0 bridgehead atoms. The highest BCUT2D eigenvalue weighted by atomic mass is 35.5. The zero-order valence-corrected chi connectivity index (χ0v) is 15.6. The molecule has 2 N–H and O–H groups in total. The van der Waals surface area contributed by atoms with Crippen molar-refractivity contribution in [2.24, 2.45) is 5.92 Å². The van der Waals surface area contributed by atoms with Gasteiger partial charge in [-0.2, -0.15) is 0 Å². The smallest absolute Gasteiger partial charge is 0.310 e. The van der Waals surface area contributed by atoms with Gasteiger partial charge < -0.3 is 19.8 Å². The lowest BCUT2D eigenvalue weighted by molar-refractivity contribution is -0.156. The molecule has 0 unspecified atom stereocenters. The SMILES string of the molecule is Cc1cc(OC(C)(C)C(=O)N2CC[C@H](O)[C@@H](C(=O)O)C2)cc(C)c1Cl. The van der Waals surface area contributed by atoms with Crippen LogP contribution in [0.5, 0.6) is 5.75 Å². The van der Waals surface area contributed by atoms with Crippen LogP contribution in [0.25, 0.3) is 0 Å². The third-order valence-corrected chi connectivity index (χ3v) is 5.07. The van der Waals surface area contributed by atoms with Crippen LogP contribution in [-0.2, 0) is 9.59 Å². The monoisotopic (exact) mass is 369 g/mol. The van der Waals surface area contributed by atoms with E-state index in [-0.39, 0.29) is 18.9 Å². The number of piperidine rings is 1. The second kappa shape index (κ2) is 7.22. The molecule has 0 saturated carbocycles. The van der Waals surface area contributed by atoms with Gasteiger partial charge in [0.1, 0.15) is 11.7 Å². The molecular formula is C18H24ClNO5. The van der Waals surface area contributed by atoms with Gasteiger partial charge >= 0.3 is 5.97 Å². The number of ether oxygens (including phenoxy) is 1. The Hall–Kier alpha value is -1.79. The number of hydrogen-bond donors (Lipinski definition) is 2. The number of amides is 1. The van der Waals surface area contributed by atoms with Crippen molar-refractivity contribution in [2.75, 3.05) is 13.1 Å². The summed E-state index contributed by atoms with van der Waals surface area (Å²) in [7, 11) is 0. The molecule has 0 radical (unpaired) electrons. The Balaban J connectivity index is 2.16. The number of hydrogen-bond acceptors (Lipinski definition) is 4. The first-order chi connectivity index (χ1) is 11.5. The Morgan fingerprint density at radius 1 is 1.28 bits per heavy atom. The maximum absolute atomic E-state index is 12.8. The van der Waals surface area contributed by atoms with Gasteiger partial charge in [0, 0.05) is 18.1 Å². The van der Waals surface area contributed by atoms with Gasteiger partial charge in [0.2, 0.25) is 0 Å². The molecule has 0 aliphatic carbocycles. The number of aliphatic carboxylic acids is 1. The second-order valence-corrected chi connectivity index (χ2v) is 7.41. The van der Waals surface area contributed by atoms with E-state index in [4.69, 9.17) is 16.3 Å². The molecular weight excluding hydrogens is 346 g/mol. The molecule has 138 valence electrons. The van der Waals surface area contributed by atoms with Crippen LogP contribution < -0.4 is 4.74 Å². The number of nitrogens with zero attached hydrogens (tertiary/aromatic N) is 1. The minimum absolute atomic E-state index is 0.0270. The van der Waals surface area contributed by atoms with Crippen molar-refractivity contribution >= 4 is 23.5 Å². The molecule has 1 aromatic rings. The van der Waals surface area contributed by atoms with Crippen LogP contribution in [-0.4, -0.2) is 51.8 Å². The summed E-state index contributed by atoms with van der Waals surface area (Å²) in [6.45, 7) is 7.29. The van der Waals surface area contributed by atoms with Gasteiger partial charge in [-0.1, -0.05) is 11.6 Å². The number of aliphatic hydroxyl groups excluding tert-OH is 1. The topological polar surface area (TPSA) is 87.1 Å². The highest BCUT2D eigenvalue weighted by Gasteiger charge is 2.40. The number of halogens is 1. The average molecular weight is 370 g/mol. The van der Waals surface area contributed by atoms with Crippen LogP contribution in [0.2, 0.25) is 5.02 Å². The fourth-order valence-electron chi connectivity index (χ4n) is 3.05. The standard InChI is InChI=1S/C18H24ClNO5/c1-10-7-12(8-11(2)15(10)19)25-18(3,4)17(24)20-6-5-14(21)13(9-20)16(22)23/h7-8,13-14,21H,5-6,9H2,1-4H3,(H,22,23)/t13-,14-/m0/s1. The lowest BCUT2D eigenvalue weighted by atomic mass is 9.93. The minimum atomic E-state index is -1.17. The van der Waals surface area contributed by atoms with E-state index < -0.39 is 23.6 Å². The summed E-state index contributed by atoms with van der Waals surface area (Å²) in [5.74, 6) is -1.86. The van der Waals surface area contributed by atoms with Crippen molar-refractivity contribution in [1.29, 1.82) is 0 Å². The molecule has 7 heteroatoms. The minimum Gasteiger partial charge on any atom is -0.481 e. The Labute approximate surface area is 152 Å². The van der Waals surface area contributed by atoms with Gasteiger partial charge in [0.25, 0.3) is 5.91 Å². The van der Waals surface area contributed by atoms with E-state index in [1.807, 2.05) is 13.8 Å². The van der Waals surface area contributed by atoms with Crippen LogP contribution in [0.3, 0.4) is 0 Å². The lowest BCUT2D eigenvalue weighted by Crippen LogP contribution is -2.55. The molecule has 6 nitrogen and oxygen atoms in total. The van der Waals surface area contributed by atoms with E-state index in [1.54, 1.807) is 26.0 Å². The number of carbonyl (C=O) groups excluding carboxylic acids is 1. The number of aliphatic hydroxyl groups is 1. The van der Waals surface area contributed by atoms with Crippen LogP contribution in [0.4, 0.5) is 0 Å². The molecule has 1 fully saturated rings. The highest BCUT2D eigenvalue weighted by molar-refractivity contribution is 6.32. The van der Waals surface area contributed by atoms with Gasteiger partial charge in [0.05, 0.1) is 6.10 Å². The van der Waals surface area contributed by atoms with Gasteiger partial charge in [-0.25, -0.2) is 0 Å². The van der Waals surface area contributed by atoms with Crippen LogP contribution in [0.15, 0.2) is 12.1 Å².